The van der Waals surface area contributed by atoms with Crippen LogP contribution in [0, 0.1) is 28.9 Å². The summed E-state index contributed by atoms with van der Waals surface area (Å²) in [5.41, 5.74) is 1.15. The number of benzene rings is 2. The van der Waals surface area contributed by atoms with Gasteiger partial charge in [0.1, 0.15) is 17.7 Å². The summed E-state index contributed by atoms with van der Waals surface area (Å²) in [5, 5.41) is 12.4. The van der Waals surface area contributed by atoms with Crippen molar-refractivity contribution in [3.05, 3.63) is 53.1 Å². The molecule has 0 radical (unpaired) electrons. The molecule has 0 unspecified atom stereocenters. The zero-order valence-electron chi connectivity index (χ0n) is 23.0. The molecular formula is C30H32F2N4O4. The van der Waals surface area contributed by atoms with E-state index in [0.717, 1.165) is 18.4 Å². The van der Waals surface area contributed by atoms with Gasteiger partial charge in [-0.3, -0.25) is 14.5 Å². The molecule has 2 aliphatic heterocycles. The Hall–Kier alpha value is -4.00. The maximum Gasteiger partial charge on any atom is 0.411 e. The lowest BCUT2D eigenvalue weighted by molar-refractivity contribution is -0.128. The zero-order valence-corrected chi connectivity index (χ0v) is 23.0. The molecule has 2 bridgehead atoms. The van der Waals surface area contributed by atoms with Crippen molar-refractivity contribution < 1.29 is 27.9 Å². The molecule has 1 saturated heterocycles. The Balaban J connectivity index is 1.31. The lowest BCUT2D eigenvalue weighted by atomic mass is 9.96. The monoisotopic (exact) mass is 550 g/mol. The smallest absolute Gasteiger partial charge is 0.411 e. The number of ether oxygens (including phenoxy) is 1. The summed E-state index contributed by atoms with van der Waals surface area (Å²) in [6, 6.07) is 7.82. The Morgan fingerprint density at radius 3 is 2.62 bits per heavy atom. The van der Waals surface area contributed by atoms with Gasteiger partial charge in [-0.15, -0.1) is 0 Å². The van der Waals surface area contributed by atoms with Crippen molar-refractivity contribution in [1.29, 1.82) is 5.26 Å². The minimum absolute atomic E-state index is 0.0318. The van der Waals surface area contributed by atoms with E-state index in [9.17, 15) is 19.6 Å². The maximum atomic E-state index is 15.2. The number of likely N-dealkylation sites (N-methyl/N-ethyl adjacent to an activating group) is 1. The summed E-state index contributed by atoms with van der Waals surface area (Å²) in [5.74, 6) is -2.80. The molecule has 10 heteroatoms. The molecule has 2 aromatic rings. The number of likely N-dealkylation sites (tertiary alicyclic amines) is 1. The summed E-state index contributed by atoms with van der Waals surface area (Å²) in [6.45, 7) is 5.26. The van der Waals surface area contributed by atoms with Crippen molar-refractivity contribution in [3.63, 3.8) is 0 Å². The number of nitrogens with zero attached hydrogens (tertiary/aromatic N) is 3. The van der Waals surface area contributed by atoms with E-state index in [-0.39, 0.29) is 41.8 Å². The van der Waals surface area contributed by atoms with Crippen LogP contribution in [0.5, 0.6) is 0 Å². The van der Waals surface area contributed by atoms with Crippen LogP contribution in [-0.2, 0) is 27.2 Å². The molecule has 3 aliphatic rings. The quantitative estimate of drug-likeness (QED) is 0.591. The highest BCUT2D eigenvalue weighted by Crippen LogP contribution is 2.43. The van der Waals surface area contributed by atoms with Crippen LogP contribution in [0.1, 0.15) is 51.2 Å². The number of piperidine rings is 1. The molecule has 1 N–H and O–H groups in total. The molecule has 0 spiro atoms. The Bertz CT molecular complexity index is 1430. The van der Waals surface area contributed by atoms with Gasteiger partial charge in [0.25, 0.3) is 0 Å². The highest BCUT2D eigenvalue weighted by Gasteiger charge is 2.52. The third-order valence-corrected chi connectivity index (χ3v) is 7.99. The fourth-order valence-electron chi connectivity index (χ4n) is 6.09. The predicted molar refractivity (Wildman–Crippen MR) is 143 cm³/mol. The highest BCUT2D eigenvalue weighted by molar-refractivity contribution is 6.01. The van der Waals surface area contributed by atoms with Gasteiger partial charge in [0, 0.05) is 30.8 Å². The Labute approximate surface area is 231 Å². The number of carbonyl (C=O) groups is 3. The first-order chi connectivity index (χ1) is 18.9. The van der Waals surface area contributed by atoms with Crippen LogP contribution in [0.25, 0.3) is 11.1 Å². The second kappa shape index (κ2) is 10.2. The number of nitriles is 1. The van der Waals surface area contributed by atoms with E-state index in [1.165, 1.54) is 21.9 Å². The van der Waals surface area contributed by atoms with Gasteiger partial charge in [0.2, 0.25) is 11.8 Å². The largest absolute Gasteiger partial charge is 0.444 e. The number of rotatable bonds is 5. The van der Waals surface area contributed by atoms with Crippen LogP contribution in [-0.4, -0.2) is 53.6 Å². The average molecular weight is 551 g/mol. The van der Waals surface area contributed by atoms with Gasteiger partial charge in [-0.1, -0.05) is 24.3 Å². The minimum atomic E-state index is -1.13. The zero-order chi connectivity index (χ0) is 28.9. The second-order valence-electron chi connectivity index (χ2n) is 11.8. The minimum Gasteiger partial charge on any atom is -0.444 e. The van der Waals surface area contributed by atoms with Crippen molar-refractivity contribution in [2.24, 2.45) is 5.92 Å². The molecule has 3 amide bonds. The van der Waals surface area contributed by atoms with E-state index >= 15 is 8.78 Å². The summed E-state index contributed by atoms with van der Waals surface area (Å²) in [4.78, 5) is 41.1. The number of amides is 3. The number of anilines is 1. The summed E-state index contributed by atoms with van der Waals surface area (Å²) >= 11 is 0. The Morgan fingerprint density at radius 2 is 1.93 bits per heavy atom. The number of fused-ring (bicyclic) bond motifs is 3. The summed E-state index contributed by atoms with van der Waals surface area (Å²) in [7, 11) is 1.64. The second-order valence-corrected chi connectivity index (χ2v) is 11.8. The van der Waals surface area contributed by atoms with Gasteiger partial charge in [-0.25, -0.2) is 13.6 Å². The van der Waals surface area contributed by atoms with Gasteiger partial charge in [-0.2, -0.15) is 5.26 Å². The van der Waals surface area contributed by atoms with Crippen LogP contribution in [0.2, 0.25) is 0 Å². The molecule has 40 heavy (non-hydrogen) atoms. The third-order valence-electron chi connectivity index (χ3n) is 7.99. The van der Waals surface area contributed by atoms with Crippen LogP contribution >= 0.6 is 0 Å². The Kier molecular flexibility index (Phi) is 7.02. The lowest BCUT2D eigenvalue weighted by Crippen LogP contribution is -2.55. The van der Waals surface area contributed by atoms with Gasteiger partial charge in [0.05, 0.1) is 12.5 Å². The number of nitrogens with one attached hydrogen (secondary N) is 1. The Morgan fingerprint density at radius 1 is 1.18 bits per heavy atom. The van der Waals surface area contributed by atoms with Crippen molar-refractivity contribution in [1.82, 2.24) is 10.2 Å². The molecular weight excluding hydrogens is 518 g/mol. The van der Waals surface area contributed by atoms with Crippen molar-refractivity contribution in [2.75, 3.05) is 11.9 Å². The molecule has 1 aliphatic carbocycles. The van der Waals surface area contributed by atoms with Crippen molar-refractivity contribution >= 4 is 23.6 Å². The SMILES string of the molecule is CN1C(=O)Cc2ccc(-c3ccc(C[C@@H](C#N)NC(=O)[C@@H]4[C@H]5CC[C@H](C5)N4C(=O)OC(C)(C)C)c(F)c3F)cc21. The number of hydrogen-bond donors (Lipinski definition) is 1. The van der Waals surface area contributed by atoms with Crippen molar-refractivity contribution in [3.8, 4) is 17.2 Å². The lowest BCUT2D eigenvalue weighted by Gasteiger charge is -2.35. The molecule has 210 valence electrons. The first kappa shape index (κ1) is 27.6. The first-order valence-electron chi connectivity index (χ1n) is 13.5. The van der Waals surface area contributed by atoms with E-state index in [1.54, 1.807) is 46.0 Å². The fraction of sp³-hybridized carbons (Fsp3) is 0.467. The van der Waals surface area contributed by atoms with Gasteiger partial charge in [-0.05, 0) is 68.7 Å². The number of hydrogen-bond acceptors (Lipinski definition) is 5. The van der Waals surface area contributed by atoms with Crippen LogP contribution in [0.3, 0.4) is 0 Å². The third kappa shape index (κ3) is 5.01. The van der Waals surface area contributed by atoms with E-state index in [1.807, 2.05) is 6.07 Å². The van der Waals surface area contributed by atoms with Gasteiger partial charge in [0.15, 0.2) is 11.6 Å². The van der Waals surface area contributed by atoms with Crippen LogP contribution in [0.15, 0.2) is 30.3 Å². The topological polar surface area (TPSA) is 103 Å². The average Bonchev–Trinajstić information content (AvgIpc) is 3.59. The van der Waals surface area contributed by atoms with E-state index in [2.05, 4.69) is 5.32 Å². The molecule has 1 saturated carbocycles. The normalized spacial score (nSPS) is 22.2. The van der Waals surface area contributed by atoms with E-state index < -0.39 is 41.3 Å². The van der Waals surface area contributed by atoms with Gasteiger partial charge < -0.3 is 15.0 Å². The van der Waals surface area contributed by atoms with Crippen LogP contribution in [0.4, 0.5) is 19.3 Å². The molecule has 2 heterocycles. The highest BCUT2D eigenvalue weighted by atomic mass is 19.2. The van der Waals surface area contributed by atoms with E-state index in [0.29, 0.717) is 17.7 Å². The van der Waals surface area contributed by atoms with Crippen molar-refractivity contribution in [2.45, 2.75) is 76.6 Å². The number of halogens is 2. The maximum absolute atomic E-state index is 15.2. The van der Waals surface area contributed by atoms with E-state index in [4.69, 9.17) is 4.74 Å². The standard InChI is InChI=1S/C30H32F2N4O4/c1-30(2,3)40-29(39)36-21-9-7-19(12-21)27(36)28(38)34-20(15-33)11-18-8-10-22(26(32)25(18)31)16-5-6-17-14-24(37)35(4)23(17)13-16/h5-6,8,10,13,19-21,27H,7,9,11-12,14H2,1-4H3,(H,34,38)/t19-,20-,21+,27-/m0/s1. The molecule has 2 fully saturated rings. The molecule has 2 aromatic carbocycles. The summed E-state index contributed by atoms with van der Waals surface area (Å²) in [6.07, 6.45) is 1.69. The molecule has 4 atom stereocenters. The van der Waals surface area contributed by atoms with Crippen LogP contribution < -0.4 is 10.2 Å². The molecule has 0 aromatic heterocycles. The first-order valence-corrected chi connectivity index (χ1v) is 13.5. The fourth-order valence-corrected chi connectivity index (χ4v) is 6.09. The molecule has 5 rings (SSSR count). The summed E-state index contributed by atoms with van der Waals surface area (Å²) < 4.78 is 36.0. The molecule has 8 nitrogen and oxygen atoms in total. The van der Waals surface area contributed by atoms with Gasteiger partial charge >= 0.3 is 6.09 Å². The number of carbonyl (C=O) groups excluding carboxylic acids is 3. The predicted octanol–water partition coefficient (Wildman–Crippen LogP) is 4.49.